The average molecular weight is 560 g/mol. The number of carbonyl (C=O) groups is 2. The lowest BCUT2D eigenvalue weighted by atomic mass is 10.1. The van der Waals surface area contributed by atoms with Crippen LogP contribution in [0.15, 0.2) is 83.8 Å². The first kappa shape index (κ1) is 29.1. The third kappa shape index (κ3) is 7.33. The Balaban J connectivity index is 1.97. The second kappa shape index (κ2) is 13.4. The van der Waals surface area contributed by atoms with E-state index in [1.54, 1.807) is 25.1 Å². The molecule has 1 N–H and O–H groups in total. The molecule has 10 heteroatoms. The number of benzene rings is 3. The first-order valence-electron chi connectivity index (χ1n) is 12.3. The van der Waals surface area contributed by atoms with Gasteiger partial charge < -0.3 is 10.2 Å². The molecule has 3 aromatic rings. The molecule has 0 heterocycles. The molecular formula is C28H31ClFN3O4S. The molecule has 3 aromatic carbocycles. The van der Waals surface area contributed by atoms with Crippen LogP contribution in [0.2, 0.25) is 5.02 Å². The van der Waals surface area contributed by atoms with E-state index in [-0.39, 0.29) is 28.1 Å². The molecule has 0 aliphatic heterocycles. The van der Waals surface area contributed by atoms with E-state index in [2.05, 4.69) is 5.32 Å². The zero-order valence-corrected chi connectivity index (χ0v) is 22.9. The Bertz CT molecular complexity index is 1340. The molecule has 202 valence electrons. The second-order valence-corrected chi connectivity index (χ2v) is 11.0. The number of amides is 2. The van der Waals surface area contributed by atoms with Crippen LogP contribution >= 0.6 is 11.6 Å². The Morgan fingerprint density at radius 2 is 1.63 bits per heavy atom. The van der Waals surface area contributed by atoms with Crippen LogP contribution < -0.4 is 9.62 Å². The summed E-state index contributed by atoms with van der Waals surface area (Å²) in [6, 6.07) is 19.7. The first-order chi connectivity index (χ1) is 18.1. The molecule has 38 heavy (non-hydrogen) atoms. The largest absolute Gasteiger partial charge is 0.354 e. The lowest BCUT2D eigenvalue weighted by Gasteiger charge is -2.32. The van der Waals surface area contributed by atoms with Gasteiger partial charge in [-0.2, -0.15) is 0 Å². The zero-order valence-electron chi connectivity index (χ0n) is 21.3. The van der Waals surface area contributed by atoms with E-state index in [1.807, 2.05) is 37.3 Å². The molecule has 0 radical (unpaired) electrons. The van der Waals surface area contributed by atoms with Crippen molar-refractivity contribution in [1.29, 1.82) is 0 Å². The monoisotopic (exact) mass is 559 g/mol. The number of carbonyl (C=O) groups excluding carboxylic acids is 2. The molecule has 0 unspecified atom stereocenters. The van der Waals surface area contributed by atoms with Crippen LogP contribution in [0.1, 0.15) is 25.8 Å². The summed E-state index contributed by atoms with van der Waals surface area (Å²) >= 11 is 5.97. The maximum absolute atomic E-state index is 13.9. The van der Waals surface area contributed by atoms with Crippen LogP contribution in [0.5, 0.6) is 0 Å². The number of halogens is 2. The van der Waals surface area contributed by atoms with Gasteiger partial charge in [0.05, 0.1) is 15.6 Å². The first-order valence-corrected chi connectivity index (χ1v) is 14.1. The molecule has 7 nitrogen and oxygen atoms in total. The van der Waals surface area contributed by atoms with Gasteiger partial charge in [0.1, 0.15) is 18.4 Å². The highest BCUT2D eigenvalue weighted by molar-refractivity contribution is 7.92. The fourth-order valence-electron chi connectivity index (χ4n) is 3.85. The van der Waals surface area contributed by atoms with Gasteiger partial charge in [-0.25, -0.2) is 12.8 Å². The fourth-order valence-corrected chi connectivity index (χ4v) is 5.46. The minimum atomic E-state index is -4.24. The highest BCUT2D eigenvalue weighted by atomic mass is 35.5. The third-order valence-corrected chi connectivity index (χ3v) is 8.08. The lowest BCUT2D eigenvalue weighted by Crippen LogP contribution is -2.52. The maximum atomic E-state index is 13.9. The van der Waals surface area contributed by atoms with Gasteiger partial charge in [-0.1, -0.05) is 67.1 Å². The fraction of sp³-hybridized carbons (Fsp3) is 0.286. The zero-order chi connectivity index (χ0) is 27.7. The van der Waals surface area contributed by atoms with Crippen LogP contribution in [0, 0.1) is 5.82 Å². The van der Waals surface area contributed by atoms with Gasteiger partial charge in [0.15, 0.2) is 0 Å². The van der Waals surface area contributed by atoms with Gasteiger partial charge in [-0.15, -0.1) is 0 Å². The van der Waals surface area contributed by atoms with Crippen molar-refractivity contribution in [2.75, 3.05) is 23.9 Å². The number of nitrogens with one attached hydrogen (secondary N) is 1. The third-order valence-electron chi connectivity index (χ3n) is 6.00. The molecule has 0 aliphatic carbocycles. The standard InChI is InChI=1S/C28H31ClFN3O4S/c1-3-17-31-28(35)21(2)32(18-16-22-10-6-4-7-11-22)27(34)20-33(23-14-15-26(30)25(29)19-23)38(36,37)24-12-8-5-9-13-24/h4-15,19,21H,3,16-18,20H2,1-2H3,(H,31,35)/t21-/m0/s1. The number of nitrogens with zero attached hydrogens (tertiary/aromatic N) is 2. The van der Waals surface area contributed by atoms with E-state index in [0.717, 1.165) is 28.4 Å². The summed E-state index contributed by atoms with van der Waals surface area (Å²) in [5.74, 6) is -1.64. The summed E-state index contributed by atoms with van der Waals surface area (Å²) in [5, 5.41) is 2.52. The molecule has 0 saturated heterocycles. The minimum Gasteiger partial charge on any atom is -0.354 e. The van der Waals surface area contributed by atoms with E-state index < -0.39 is 34.3 Å². The van der Waals surface area contributed by atoms with Gasteiger partial charge in [0.2, 0.25) is 11.8 Å². The van der Waals surface area contributed by atoms with Crippen molar-refractivity contribution in [3.8, 4) is 0 Å². The number of sulfonamides is 1. The van der Waals surface area contributed by atoms with E-state index in [4.69, 9.17) is 11.6 Å². The molecule has 0 aromatic heterocycles. The highest BCUT2D eigenvalue weighted by Gasteiger charge is 2.32. The smallest absolute Gasteiger partial charge is 0.264 e. The van der Waals surface area contributed by atoms with Gasteiger partial charge in [0, 0.05) is 13.1 Å². The molecule has 1 atom stereocenters. The number of anilines is 1. The van der Waals surface area contributed by atoms with Gasteiger partial charge >= 0.3 is 0 Å². The predicted molar refractivity (Wildman–Crippen MR) is 147 cm³/mol. The quantitative estimate of drug-likeness (QED) is 0.350. The van der Waals surface area contributed by atoms with Crippen molar-refractivity contribution in [1.82, 2.24) is 10.2 Å². The Hall–Kier alpha value is -3.43. The summed E-state index contributed by atoms with van der Waals surface area (Å²) in [6.07, 6.45) is 1.19. The molecule has 0 spiro atoms. The van der Waals surface area contributed by atoms with E-state index in [0.29, 0.717) is 13.0 Å². The van der Waals surface area contributed by atoms with Crippen LogP contribution in [-0.4, -0.2) is 50.8 Å². The van der Waals surface area contributed by atoms with Crippen molar-refractivity contribution < 1.29 is 22.4 Å². The number of rotatable bonds is 12. The molecule has 0 aliphatic rings. The summed E-state index contributed by atoms with van der Waals surface area (Å²) in [6.45, 7) is 3.56. The average Bonchev–Trinajstić information content (AvgIpc) is 2.92. The Labute approximate surface area is 228 Å². The van der Waals surface area contributed by atoms with Crippen molar-refractivity contribution in [2.45, 2.75) is 37.6 Å². The molecule has 2 amide bonds. The van der Waals surface area contributed by atoms with Crippen molar-refractivity contribution in [3.63, 3.8) is 0 Å². The summed E-state index contributed by atoms with van der Waals surface area (Å²) in [5.41, 5.74) is 0.991. The van der Waals surface area contributed by atoms with Crippen molar-refractivity contribution in [3.05, 3.63) is 95.3 Å². The van der Waals surface area contributed by atoms with Gasteiger partial charge in [-0.3, -0.25) is 13.9 Å². The normalized spacial score (nSPS) is 12.0. The topological polar surface area (TPSA) is 86.8 Å². The highest BCUT2D eigenvalue weighted by Crippen LogP contribution is 2.28. The van der Waals surface area contributed by atoms with E-state index in [9.17, 15) is 22.4 Å². The SMILES string of the molecule is CCCNC(=O)[C@H](C)N(CCc1ccccc1)C(=O)CN(c1ccc(F)c(Cl)c1)S(=O)(=O)c1ccccc1. The van der Waals surface area contributed by atoms with Gasteiger partial charge in [-0.05, 0) is 55.7 Å². The van der Waals surface area contributed by atoms with Crippen LogP contribution in [-0.2, 0) is 26.0 Å². The van der Waals surface area contributed by atoms with Crippen LogP contribution in [0.25, 0.3) is 0 Å². The summed E-state index contributed by atoms with van der Waals surface area (Å²) in [7, 11) is -4.24. The summed E-state index contributed by atoms with van der Waals surface area (Å²) < 4.78 is 42.1. The summed E-state index contributed by atoms with van der Waals surface area (Å²) in [4.78, 5) is 27.9. The van der Waals surface area contributed by atoms with Crippen LogP contribution in [0.3, 0.4) is 0 Å². The van der Waals surface area contributed by atoms with Gasteiger partial charge in [0.25, 0.3) is 10.0 Å². The molecule has 3 rings (SSSR count). The minimum absolute atomic E-state index is 0.0275. The molecular weight excluding hydrogens is 529 g/mol. The van der Waals surface area contributed by atoms with E-state index in [1.165, 1.54) is 23.1 Å². The molecule has 0 fully saturated rings. The Morgan fingerprint density at radius 3 is 2.24 bits per heavy atom. The van der Waals surface area contributed by atoms with Crippen LogP contribution in [0.4, 0.5) is 10.1 Å². The molecule has 0 bridgehead atoms. The molecule has 0 saturated carbocycles. The Morgan fingerprint density at radius 1 is 1.00 bits per heavy atom. The number of hydrogen-bond donors (Lipinski definition) is 1. The Kier molecular flexibility index (Phi) is 10.3. The second-order valence-electron chi connectivity index (χ2n) is 8.71. The van der Waals surface area contributed by atoms with E-state index >= 15 is 0 Å². The number of hydrogen-bond acceptors (Lipinski definition) is 4. The lowest BCUT2D eigenvalue weighted by molar-refractivity contribution is -0.138. The maximum Gasteiger partial charge on any atom is 0.264 e. The van der Waals surface area contributed by atoms with Crippen molar-refractivity contribution in [2.24, 2.45) is 0 Å². The van der Waals surface area contributed by atoms with Crippen molar-refractivity contribution >= 4 is 39.1 Å². The predicted octanol–water partition coefficient (Wildman–Crippen LogP) is 4.66.